The number of nitrogens with zero attached hydrogens (tertiary/aromatic N) is 1. The first kappa shape index (κ1) is 12.0. The topological polar surface area (TPSA) is 34.1 Å². The van der Waals surface area contributed by atoms with Gasteiger partial charge in [0.1, 0.15) is 5.75 Å². The quantitative estimate of drug-likeness (QED) is 0.727. The monoisotopic (exact) mass is 208 g/mol. The van der Waals surface area contributed by atoms with Gasteiger partial charge in [-0.05, 0) is 45.5 Å². The van der Waals surface area contributed by atoms with E-state index in [2.05, 4.69) is 24.1 Å². The van der Waals surface area contributed by atoms with Crippen molar-refractivity contribution in [2.24, 2.45) is 0 Å². The van der Waals surface area contributed by atoms with E-state index in [1.54, 1.807) is 6.20 Å². The zero-order valence-electron chi connectivity index (χ0n) is 9.79. The molecule has 3 heteroatoms. The molecule has 0 fully saturated rings. The van der Waals surface area contributed by atoms with Gasteiger partial charge in [-0.2, -0.15) is 0 Å². The summed E-state index contributed by atoms with van der Waals surface area (Å²) in [6.07, 6.45) is 3.02. The number of rotatable bonds is 6. The molecule has 1 aromatic rings. The molecule has 0 aliphatic carbocycles. The first-order chi connectivity index (χ1) is 7.22. The van der Waals surface area contributed by atoms with Crippen molar-refractivity contribution in [2.75, 3.05) is 13.1 Å². The summed E-state index contributed by atoms with van der Waals surface area (Å²) in [5.41, 5.74) is 1.02. The van der Waals surface area contributed by atoms with E-state index in [0.29, 0.717) is 0 Å². The number of ether oxygens (including phenoxy) is 1. The first-order valence-corrected chi connectivity index (χ1v) is 5.52. The summed E-state index contributed by atoms with van der Waals surface area (Å²) >= 11 is 0. The number of hydrogen-bond acceptors (Lipinski definition) is 3. The van der Waals surface area contributed by atoms with Crippen LogP contribution in [-0.4, -0.2) is 24.2 Å². The molecule has 15 heavy (non-hydrogen) atoms. The molecule has 1 rings (SSSR count). The third kappa shape index (κ3) is 4.79. The highest BCUT2D eigenvalue weighted by molar-refractivity contribution is 5.19. The summed E-state index contributed by atoms with van der Waals surface area (Å²) < 4.78 is 5.71. The van der Waals surface area contributed by atoms with Crippen molar-refractivity contribution in [3.63, 3.8) is 0 Å². The van der Waals surface area contributed by atoms with Crippen molar-refractivity contribution >= 4 is 0 Å². The van der Waals surface area contributed by atoms with Gasteiger partial charge in [0.15, 0.2) is 0 Å². The lowest BCUT2D eigenvalue weighted by Gasteiger charge is -2.14. The molecule has 0 aliphatic heterocycles. The molecule has 1 N–H and O–H groups in total. The Hall–Kier alpha value is -1.09. The van der Waals surface area contributed by atoms with Gasteiger partial charge in [-0.25, -0.2) is 0 Å². The van der Waals surface area contributed by atoms with Gasteiger partial charge in [-0.3, -0.25) is 4.98 Å². The van der Waals surface area contributed by atoms with E-state index >= 15 is 0 Å². The lowest BCUT2D eigenvalue weighted by molar-refractivity contribution is 0.209. The Kier molecular flexibility index (Phi) is 5.12. The van der Waals surface area contributed by atoms with Crippen molar-refractivity contribution in [1.82, 2.24) is 10.3 Å². The maximum absolute atomic E-state index is 5.71. The Bertz CT molecular complexity index is 271. The minimum Gasteiger partial charge on any atom is -0.489 e. The lowest BCUT2D eigenvalue weighted by Crippen LogP contribution is -2.21. The largest absolute Gasteiger partial charge is 0.489 e. The van der Waals surface area contributed by atoms with E-state index in [9.17, 15) is 0 Å². The van der Waals surface area contributed by atoms with Crippen LogP contribution in [0.2, 0.25) is 0 Å². The molecule has 1 aromatic heterocycles. The zero-order chi connectivity index (χ0) is 11.1. The van der Waals surface area contributed by atoms with Crippen LogP contribution in [0, 0.1) is 6.92 Å². The summed E-state index contributed by atoms with van der Waals surface area (Å²) in [6.45, 7) is 8.17. The first-order valence-electron chi connectivity index (χ1n) is 5.52. The summed E-state index contributed by atoms with van der Waals surface area (Å²) in [4.78, 5) is 4.19. The Balaban J connectivity index is 2.31. The van der Waals surface area contributed by atoms with E-state index in [1.807, 2.05) is 19.1 Å². The average Bonchev–Trinajstić information content (AvgIpc) is 2.22. The van der Waals surface area contributed by atoms with Crippen molar-refractivity contribution in [1.29, 1.82) is 0 Å². The molecule has 1 unspecified atom stereocenters. The van der Waals surface area contributed by atoms with Crippen LogP contribution >= 0.6 is 0 Å². The van der Waals surface area contributed by atoms with E-state index in [0.717, 1.165) is 31.0 Å². The second kappa shape index (κ2) is 6.40. The number of aromatic nitrogens is 1. The highest BCUT2D eigenvalue weighted by atomic mass is 16.5. The highest BCUT2D eigenvalue weighted by Gasteiger charge is 2.03. The van der Waals surface area contributed by atoms with Gasteiger partial charge in [-0.15, -0.1) is 0 Å². The van der Waals surface area contributed by atoms with Gasteiger partial charge in [0.2, 0.25) is 0 Å². The molecular formula is C12H20N2O. The molecule has 1 heterocycles. The SMILES string of the molecule is CCNCCC(C)Oc1ccc(C)nc1. The second-order valence-corrected chi connectivity index (χ2v) is 3.71. The summed E-state index contributed by atoms with van der Waals surface area (Å²) in [6, 6.07) is 3.93. The Labute approximate surface area is 91.9 Å². The molecular weight excluding hydrogens is 188 g/mol. The molecule has 0 radical (unpaired) electrons. The number of aryl methyl sites for hydroxylation is 1. The van der Waals surface area contributed by atoms with E-state index in [1.165, 1.54) is 0 Å². The molecule has 0 saturated carbocycles. The molecule has 0 amide bonds. The lowest BCUT2D eigenvalue weighted by atomic mass is 10.3. The van der Waals surface area contributed by atoms with Gasteiger partial charge in [0.25, 0.3) is 0 Å². The van der Waals surface area contributed by atoms with Crippen LogP contribution in [0.1, 0.15) is 26.0 Å². The van der Waals surface area contributed by atoms with Crippen LogP contribution in [-0.2, 0) is 0 Å². The Morgan fingerprint density at radius 1 is 1.47 bits per heavy atom. The third-order valence-electron chi connectivity index (χ3n) is 2.20. The number of nitrogens with one attached hydrogen (secondary N) is 1. The van der Waals surface area contributed by atoms with Crippen LogP contribution in [0.3, 0.4) is 0 Å². The molecule has 0 aromatic carbocycles. The van der Waals surface area contributed by atoms with Gasteiger partial charge in [-0.1, -0.05) is 6.92 Å². The van der Waals surface area contributed by atoms with E-state index in [4.69, 9.17) is 4.74 Å². The smallest absolute Gasteiger partial charge is 0.138 e. The predicted octanol–water partition coefficient (Wildman–Crippen LogP) is 2.16. The third-order valence-corrected chi connectivity index (χ3v) is 2.20. The van der Waals surface area contributed by atoms with Crippen molar-refractivity contribution < 1.29 is 4.74 Å². The van der Waals surface area contributed by atoms with Gasteiger partial charge in [0.05, 0.1) is 12.3 Å². The van der Waals surface area contributed by atoms with Crippen molar-refractivity contribution in [3.05, 3.63) is 24.0 Å². The fraction of sp³-hybridized carbons (Fsp3) is 0.583. The minimum absolute atomic E-state index is 0.230. The molecule has 1 atom stereocenters. The maximum Gasteiger partial charge on any atom is 0.138 e. The predicted molar refractivity (Wildman–Crippen MR) is 62.2 cm³/mol. The van der Waals surface area contributed by atoms with E-state index in [-0.39, 0.29) is 6.10 Å². The van der Waals surface area contributed by atoms with Crippen LogP contribution in [0.15, 0.2) is 18.3 Å². The molecule has 3 nitrogen and oxygen atoms in total. The van der Waals surface area contributed by atoms with Crippen molar-refractivity contribution in [3.8, 4) is 5.75 Å². The number of pyridine rings is 1. The summed E-state index contributed by atoms with van der Waals surface area (Å²) in [5.74, 6) is 0.851. The molecule has 0 aliphatic rings. The zero-order valence-corrected chi connectivity index (χ0v) is 9.79. The molecule has 0 spiro atoms. The van der Waals surface area contributed by atoms with Gasteiger partial charge < -0.3 is 10.1 Å². The minimum atomic E-state index is 0.230. The molecule has 84 valence electrons. The van der Waals surface area contributed by atoms with Crippen LogP contribution in [0.25, 0.3) is 0 Å². The number of hydrogen-bond donors (Lipinski definition) is 1. The Morgan fingerprint density at radius 2 is 2.27 bits per heavy atom. The normalized spacial score (nSPS) is 12.5. The summed E-state index contributed by atoms with van der Waals surface area (Å²) in [7, 11) is 0. The van der Waals surface area contributed by atoms with Gasteiger partial charge >= 0.3 is 0 Å². The van der Waals surface area contributed by atoms with E-state index < -0.39 is 0 Å². The fourth-order valence-corrected chi connectivity index (χ4v) is 1.30. The fourth-order valence-electron chi connectivity index (χ4n) is 1.30. The van der Waals surface area contributed by atoms with Crippen molar-refractivity contribution in [2.45, 2.75) is 33.3 Å². The average molecular weight is 208 g/mol. The van der Waals surface area contributed by atoms with Crippen LogP contribution in [0.5, 0.6) is 5.75 Å². The highest BCUT2D eigenvalue weighted by Crippen LogP contribution is 2.11. The standard InChI is InChI=1S/C12H20N2O/c1-4-13-8-7-11(3)15-12-6-5-10(2)14-9-12/h5-6,9,11,13H,4,7-8H2,1-3H3. The molecule has 0 saturated heterocycles. The van der Waals surface area contributed by atoms with Gasteiger partial charge in [0, 0.05) is 5.69 Å². The molecule has 0 bridgehead atoms. The second-order valence-electron chi connectivity index (χ2n) is 3.71. The van der Waals surface area contributed by atoms with Crippen LogP contribution < -0.4 is 10.1 Å². The Morgan fingerprint density at radius 3 is 2.87 bits per heavy atom. The van der Waals surface area contributed by atoms with Crippen LogP contribution in [0.4, 0.5) is 0 Å². The maximum atomic E-state index is 5.71. The summed E-state index contributed by atoms with van der Waals surface area (Å²) in [5, 5.41) is 3.28.